The van der Waals surface area contributed by atoms with Gasteiger partial charge in [-0.15, -0.1) is 0 Å². The monoisotopic (exact) mass is 384 g/mol. The quantitative estimate of drug-likeness (QED) is 0.707. The summed E-state index contributed by atoms with van der Waals surface area (Å²) in [4.78, 5) is 19.3. The lowest BCUT2D eigenvalue weighted by Gasteiger charge is -2.33. The number of ether oxygens (including phenoxy) is 2. The summed E-state index contributed by atoms with van der Waals surface area (Å²) in [7, 11) is -1.12. The van der Waals surface area contributed by atoms with Crippen LogP contribution < -0.4 is 0 Å². The van der Waals surface area contributed by atoms with Crippen molar-refractivity contribution in [3.8, 4) is 0 Å². The molecular formula is C17H24N2O6S. The molecule has 0 atom stereocenters. The van der Waals surface area contributed by atoms with E-state index in [1.54, 1.807) is 4.90 Å². The van der Waals surface area contributed by atoms with E-state index >= 15 is 0 Å². The number of hydroxylamine groups is 1. The van der Waals surface area contributed by atoms with E-state index in [9.17, 15) is 13.2 Å². The van der Waals surface area contributed by atoms with Gasteiger partial charge < -0.3 is 14.4 Å². The Balaban J connectivity index is 1.62. The largest absolute Gasteiger partial charge is 0.350 e. The highest BCUT2D eigenvalue weighted by molar-refractivity contribution is 7.89. The maximum Gasteiger partial charge on any atom is 0.264 e. The van der Waals surface area contributed by atoms with E-state index in [0.717, 1.165) is 17.3 Å². The standard InChI is InChI=1S/C17H24N2O6S/c1-18(23-2)26(21,22)15-5-3-13(4-6-15)16(20)19-9-7-14(8-10-19)17-24-11-12-25-17/h3-6,14,17H,7-12H2,1-2H3. The van der Waals surface area contributed by atoms with Crippen LogP contribution in [0.3, 0.4) is 0 Å². The number of hydrogen-bond acceptors (Lipinski definition) is 6. The lowest BCUT2D eigenvalue weighted by Crippen LogP contribution is -2.41. The number of amides is 1. The van der Waals surface area contributed by atoms with Crippen molar-refractivity contribution >= 4 is 15.9 Å². The third-order valence-corrected chi connectivity index (χ3v) is 6.55. The molecule has 0 bridgehead atoms. The molecule has 1 amide bonds. The number of nitrogens with zero attached hydrogens (tertiary/aromatic N) is 2. The van der Waals surface area contributed by atoms with Gasteiger partial charge in [0, 0.05) is 31.6 Å². The maximum atomic E-state index is 12.7. The van der Waals surface area contributed by atoms with Gasteiger partial charge in [-0.1, -0.05) is 4.47 Å². The summed E-state index contributed by atoms with van der Waals surface area (Å²) in [5.74, 6) is 0.222. The van der Waals surface area contributed by atoms with E-state index in [1.165, 1.54) is 38.4 Å². The highest BCUT2D eigenvalue weighted by atomic mass is 32.2. The average molecular weight is 384 g/mol. The molecule has 0 spiro atoms. The van der Waals surface area contributed by atoms with Gasteiger partial charge >= 0.3 is 0 Å². The van der Waals surface area contributed by atoms with Gasteiger partial charge in [0.1, 0.15) is 0 Å². The van der Waals surface area contributed by atoms with Crippen molar-refractivity contribution in [3.63, 3.8) is 0 Å². The van der Waals surface area contributed by atoms with Crippen LogP contribution in [0.1, 0.15) is 23.2 Å². The first-order valence-corrected chi connectivity index (χ1v) is 10.0. The molecule has 2 aliphatic heterocycles. The number of benzene rings is 1. The van der Waals surface area contributed by atoms with Crippen molar-refractivity contribution in [3.05, 3.63) is 29.8 Å². The van der Waals surface area contributed by atoms with Crippen molar-refractivity contribution in [1.82, 2.24) is 9.37 Å². The second kappa shape index (κ2) is 8.01. The summed E-state index contributed by atoms with van der Waals surface area (Å²) < 4.78 is 36.3. The second-order valence-corrected chi connectivity index (χ2v) is 8.30. The molecule has 1 aromatic carbocycles. The molecule has 0 unspecified atom stereocenters. The first-order chi connectivity index (χ1) is 12.4. The van der Waals surface area contributed by atoms with E-state index in [1.807, 2.05) is 0 Å². The van der Waals surface area contributed by atoms with E-state index in [-0.39, 0.29) is 17.1 Å². The van der Waals surface area contributed by atoms with Crippen LogP contribution in [0.2, 0.25) is 0 Å². The van der Waals surface area contributed by atoms with E-state index in [4.69, 9.17) is 14.3 Å². The number of carbonyl (C=O) groups is 1. The molecule has 26 heavy (non-hydrogen) atoms. The summed E-state index contributed by atoms with van der Waals surface area (Å²) in [6.45, 7) is 2.55. The van der Waals surface area contributed by atoms with Gasteiger partial charge in [0.05, 0.1) is 25.2 Å². The van der Waals surface area contributed by atoms with Gasteiger partial charge in [-0.25, -0.2) is 8.42 Å². The zero-order valence-electron chi connectivity index (χ0n) is 15.0. The van der Waals surface area contributed by atoms with Gasteiger partial charge in [0.25, 0.3) is 15.9 Å². The summed E-state index contributed by atoms with van der Waals surface area (Å²) in [6, 6.07) is 5.91. The van der Waals surface area contributed by atoms with Crippen LogP contribution in [0.25, 0.3) is 0 Å². The molecule has 2 heterocycles. The minimum Gasteiger partial charge on any atom is -0.350 e. The number of carbonyl (C=O) groups excluding carboxylic acids is 1. The van der Waals surface area contributed by atoms with Crippen LogP contribution in [0.15, 0.2) is 29.2 Å². The van der Waals surface area contributed by atoms with Gasteiger partial charge in [0.2, 0.25) is 0 Å². The van der Waals surface area contributed by atoms with Crippen LogP contribution in [0.4, 0.5) is 0 Å². The Morgan fingerprint density at radius 1 is 1.15 bits per heavy atom. The van der Waals surface area contributed by atoms with Crippen LogP contribution in [-0.4, -0.2) is 70.4 Å². The Morgan fingerprint density at radius 2 is 1.73 bits per heavy atom. The van der Waals surface area contributed by atoms with Crippen molar-refractivity contribution in [1.29, 1.82) is 0 Å². The summed E-state index contributed by atoms with van der Waals surface area (Å²) in [5.41, 5.74) is 0.468. The molecule has 9 heteroatoms. The van der Waals surface area contributed by atoms with E-state index in [2.05, 4.69) is 0 Å². The molecule has 2 aliphatic rings. The lowest BCUT2D eigenvalue weighted by atomic mass is 9.95. The zero-order valence-corrected chi connectivity index (χ0v) is 15.8. The molecule has 2 saturated heterocycles. The van der Waals surface area contributed by atoms with Crippen LogP contribution in [0.5, 0.6) is 0 Å². The molecule has 0 radical (unpaired) electrons. The molecule has 0 aromatic heterocycles. The molecule has 0 N–H and O–H groups in total. The Labute approximate surface area is 153 Å². The van der Waals surface area contributed by atoms with Gasteiger partial charge in [-0.05, 0) is 37.1 Å². The lowest BCUT2D eigenvalue weighted by molar-refractivity contribution is -0.0956. The fourth-order valence-electron chi connectivity index (χ4n) is 3.22. The van der Waals surface area contributed by atoms with Gasteiger partial charge in [-0.3, -0.25) is 9.63 Å². The van der Waals surface area contributed by atoms with Crippen LogP contribution in [0, 0.1) is 5.92 Å². The first kappa shape index (κ1) is 19.2. The highest BCUT2D eigenvalue weighted by Gasteiger charge is 2.32. The molecule has 3 rings (SSSR count). The van der Waals surface area contributed by atoms with Crippen molar-refractivity contribution in [2.45, 2.75) is 24.0 Å². The fourth-order valence-corrected chi connectivity index (χ4v) is 4.20. The Hall–Kier alpha value is -1.52. The summed E-state index contributed by atoms with van der Waals surface area (Å²) >= 11 is 0. The smallest absolute Gasteiger partial charge is 0.264 e. The van der Waals surface area contributed by atoms with Crippen molar-refractivity contribution < 1.29 is 27.5 Å². The summed E-state index contributed by atoms with van der Waals surface area (Å²) in [6.07, 6.45) is 1.53. The van der Waals surface area contributed by atoms with E-state index < -0.39 is 10.0 Å². The molecule has 144 valence electrons. The molecule has 0 saturated carbocycles. The topological polar surface area (TPSA) is 85.4 Å². The molecule has 2 fully saturated rings. The normalized spacial score (nSPS) is 20.0. The highest BCUT2D eigenvalue weighted by Crippen LogP contribution is 2.26. The van der Waals surface area contributed by atoms with Crippen molar-refractivity contribution in [2.75, 3.05) is 40.5 Å². The Morgan fingerprint density at radius 3 is 2.27 bits per heavy atom. The predicted molar refractivity (Wildman–Crippen MR) is 92.7 cm³/mol. The molecule has 8 nitrogen and oxygen atoms in total. The minimum absolute atomic E-state index is 0.0765. The van der Waals surface area contributed by atoms with Crippen LogP contribution >= 0.6 is 0 Å². The molecule has 0 aliphatic carbocycles. The minimum atomic E-state index is -3.71. The Kier molecular flexibility index (Phi) is 5.93. The van der Waals surface area contributed by atoms with Crippen molar-refractivity contribution in [2.24, 2.45) is 5.92 Å². The number of rotatable bonds is 5. The zero-order chi connectivity index (χ0) is 18.7. The third-order valence-electron chi connectivity index (χ3n) is 4.85. The summed E-state index contributed by atoms with van der Waals surface area (Å²) in [5, 5.41) is 0. The van der Waals surface area contributed by atoms with Crippen LogP contribution in [-0.2, 0) is 24.3 Å². The first-order valence-electron chi connectivity index (χ1n) is 8.59. The number of piperidine rings is 1. The molecular weight excluding hydrogens is 360 g/mol. The van der Waals surface area contributed by atoms with Gasteiger partial charge in [0.15, 0.2) is 6.29 Å². The number of likely N-dealkylation sites (tertiary alicyclic amines) is 1. The Bertz CT molecular complexity index is 722. The SMILES string of the molecule is CON(C)S(=O)(=O)c1ccc(C(=O)N2CCC(C3OCCO3)CC2)cc1. The average Bonchev–Trinajstić information content (AvgIpc) is 3.21. The van der Waals surface area contributed by atoms with E-state index in [0.29, 0.717) is 37.8 Å². The fraction of sp³-hybridized carbons (Fsp3) is 0.588. The van der Waals surface area contributed by atoms with Gasteiger partial charge in [-0.2, -0.15) is 0 Å². The maximum absolute atomic E-state index is 12.7. The number of hydrogen-bond donors (Lipinski definition) is 0. The molecule has 1 aromatic rings. The predicted octanol–water partition coefficient (Wildman–Crippen LogP) is 1.09. The third kappa shape index (κ3) is 3.91. The second-order valence-electron chi connectivity index (χ2n) is 6.36. The number of sulfonamides is 1.